The third-order valence-corrected chi connectivity index (χ3v) is 5.68. The van der Waals surface area contributed by atoms with Crippen molar-refractivity contribution in [1.82, 2.24) is 0 Å². The summed E-state index contributed by atoms with van der Waals surface area (Å²) in [6, 6.07) is 15.9. The molecule has 130 valence electrons. The third kappa shape index (κ3) is 3.06. The maximum atomic E-state index is 6.05. The second kappa shape index (κ2) is 6.59. The van der Waals surface area contributed by atoms with Crippen LogP contribution in [0.4, 0.5) is 5.69 Å². The quantitative estimate of drug-likeness (QED) is 0.693. The lowest BCUT2D eigenvalue weighted by atomic mass is 9.77. The van der Waals surface area contributed by atoms with Gasteiger partial charge < -0.3 is 10.1 Å². The lowest BCUT2D eigenvalue weighted by Gasteiger charge is -2.37. The Labute approximate surface area is 150 Å². The first-order chi connectivity index (χ1) is 12.2. The lowest BCUT2D eigenvalue weighted by molar-refractivity contribution is 0.217. The van der Waals surface area contributed by atoms with Gasteiger partial charge in [-0.15, -0.1) is 0 Å². The highest BCUT2D eigenvalue weighted by Crippen LogP contribution is 2.50. The zero-order valence-electron chi connectivity index (χ0n) is 15.3. The Morgan fingerprint density at radius 1 is 1.16 bits per heavy atom. The summed E-state index contributed by atoms with van der Waals surface area (Å²) in [4.78, 5) is 0. The van der Waals surface area contributed by atoms with Crippen LogP contribution in [0.5, 0.6) is 5.75 Å². The molecule has 0 bridgehead atoms. The van der Waals surface area contributed by atoms with Gasteiger partial charge in [-0.1, -0.05) is 48.9 Å². The Morgan fingerprint density at radius 3 is 2.72 bits per heavy atom. The highest BCUT2D eigenvalue weighted by atomic mass is 16.5. The summed E-state index contributed by atoms with van der Waals surface area (Å²) in [7, 11) is 0. The number of aryl methyl sites for hydroxylation is 1. The summed E-state index contributed by atoms with van der Waals surface area (Å²) in [5.41, 5.74) is 5.32. The highest BCUT2D eigenvalue weighted by molar-refractivity contribution is 5.61. The van der Waals surface area contributed by atoms with Crippen LogP contribution in [-0.4, -0.2) is 6.10 Å². The smallest absolute Gasteiger partial charge is 0.120 e. The number of nitrogens with one attached hydrogen (secondary N) is 1. The molecule has 0 spiro atoms. The van der Waals surface area contributed by atoms with E-state index in [0.717, 1.165) is 18.6 Å². The van der Waals surface area contributed by atoms with Crippen LogP contribution in [-0.2, 0) is 0 Å². The van der Waals surface area contributed by atoms with Gasteiger partial charge in [0, 0.05) is 11.6 Å². The van der Waals surface area contributed by atoms with Crippen molar-refractivity contribution in [2.75, 3.05) is 5.32 Å². The Hall–Kier alpha value is -2.22. The van der Waals surface area contributed by atoms with Crippen molar-refractivity contribution in [1.29, 1.82) is 0 Å². The molecule has 0 radical (unpaired) electrons. The van der Waals surface area contributed by atoms with E-state index in [1.807, 2.05) is 0 Å². The minimum atomic E-state index is 0.254. The highest BCUT2D eigenvalue weighted by Gasteiger charge is 2.38. The molecule has 0 saturated carbocycles. The van der Waals surface area contributed by atoms with E-state index >= 15 is 0 Å². The Morgan fingerprint density at radius 2 is 1.96 bits per heavy atom. The van der Waals surface area contributed by atoms with Gasteiger partial charge in [-0.05, 0) is 61.9 Å². The van der Waals surface area contributed by atoms with E-state index in [2.05, 4.69) is 80.7 Å². The number of fused-ring (bicyclic) bond motifs is 3. The van der Waals surface area contributed by atoms with Crippen molar-refractivity contribution in [3.05, 3.63) is 71.3 Å². The zero-order chi connectivity index (χ0) is 17.4. The summed E-state index contributed by atoms with van der Waals surface area (Å²) in [6.45, 7) is 6.43. The van der Waals surface area contributed by atoms with Crippen LogP contribution in [0.25, 0.3) is 0 Å². The molecule has 2 heteroatoms. The van der Waals surface area contributed by atoms with Gasteiger partial charge in [0.2, 0.25) is 0 Å². The van der Waals surface area contributed by atoms with Gasteiger partial charge in [-0.2, -0.15) is 0 Å². The molecular formula is C23H27NO. The molecule has 4 rings (SSSR count). The van der Waals surface area contributed by atoms with Gasteiger partial charge in [0.05, 0.1) is 12.1 Å². The van der Waals surface area contributed by atoms with Gasteiger partial charge in [-0.25, -0.2) is 0 Å². The summed E-state index contributed by atoms with van der Waals surface area (Å²) in [6.07, 6.45) is 7.14. The molecule has 2 aromatic rings. The molecule has 2 aromatic carbocycles. The first-order valence-electron chi connectivity index (χ1n) is 9.46. The number of anilines is 1. The topological polar surface area (TPSA) is 21.3 Å². The number of benzene rings is 2. The summed E-state index contributed by atoms with van der Waals surface area (Å²) in [5.74, 6) is 2.04. The van der Waals surface area contributed by atoms with E-state index in [1.54, 1.807) is 0 Å². The molecule has 1 N–H and O–H groups in total. The van der Waals surface area contributed by atoms with E-state index in [4.69, 9.17) is 4.74 Å². The fourth-order valence-electron chi connectivity index (χ4n) is 4.07. The van der Waals surface area contributed by atoms with Crippen molar-refractivity contribution in [2.45, 2.75) is 51.7 Å². The molecule has 1 aliphatic heterocycles. The fourth-order valence-corrected chi connectivity index (χ4v) is 4.07. The molecule has 0 fully saturated rings. The standard InChI is InChI=1S/C23H27NO/c1-4-16(3)25-18-12-13-22-21(14-18)19-6-5-7-20(19)23(24-22)17-10-8-15(2)9-11-17/h5-6,8-14,16,19-20,23-24H,4,7H2,1-3H3. The Bertz CT molecular complexity index is 777. The second-order valence-electron chi connectivity index (χ2n) is 7.47. The summed E-state index contributed by atoms with van der Waals surface area (Å²) in [5, 5.41) is 3.80. The molecule has 1 heterocycles. The predicted molar refractivity (Wildman–Crippen MR) is 104 cm³/mol. The molecule has 2 nitrogen and oxygen atoms in total. The van der Waals surface area contributed by atoms with Crippen LogP contribution < -0.4 is 10.1 Å². The number of rotatable bonds is 4. The van der Waals surface area contributed by atoms with Crippen molar-refractivity contribution in [3.63, 3.8) is 0 Å². The molecule has 0 aromatic heterocycles. The Kier molecular flexibility index (Phi) is 4.29. The average Bonchev–Trinajstić information content (AvgIpc) is 3.12. The van der Waals surface area contributed by atoms with E-state index in [0.29, 0.717) is 17.9 Å². The number of allylic oxidation sites excluding steroid dienone is 2. The SMILES string of the molecule is CCC(C)Oc1ccc2c(c1)C1C=CCC1C(c1ccc(C)cc1)N2. The molecule has 4 atom stereocenters. The van der Waals surface area contributed by atoms with E-state index < -0.39 is 0 Å². The predicted octanol–water partition coefficient (Wildman–Crippen LogP) is 6.00. The zero-order valence-corrected chi connectivity index (χ0v) is 15.3. The Balaban J connectivity index is 1.67. The van der Waals surface area contributed by atoms with E-state index in [-0.39, 0.29) is 6.10 Å². The van der Waals surface area contributed by atoms with Gasteiger partial charge in [0.25, 0.3) is 0 Å². The molecule has 2 aliphatic rings. The van der Waals surface area contributed by atoms with Crippen molar-refractivity contribution in [3.8, 4) is 5.75 Å². The lowest BCUT2D eigenvalue weighted by Crippen LogP contribution is -2.29. The minimum absolute atomic E-state index is 0.254. The van der Waals surface area contributed by atoms with Crippen molar-refractivity contribution >= 4 is 5.69 Å². The molecule has 0 amide bonds. The molecular weight excluding hydrogens is 306 g/mol. The van der Waals surface area contributed by atoms with Crippen LogP contribution in [0.3, 0.4) is 0 Å². The van der Waals surface area contributed by atoms with Crippen LogP contribution >= 0.6 is 0 Å². The van der Waals surface area contributed by atoms with Gasteiger partial charge in [0.1, 0.15) is 5.75 Å². The maximum Gasteiger partial charge on any atom is 0.120 e. The molecule has 0 saturated heterocycles. The van der Waals surface area contributed by atoms with Gasteiger partial charge >= 0.3 is 0 Å². The van der Waals surface area contributed by atoms with Gasteiger partial charge in [0.15, 0.2) is 0 Å². The van der Waals surface area contributed by atoms with Crippen LogP contribution in [0.15, 0.2) is 54.6 Å². The number of hydrogen-bond acceptors (Lipinski definition) is 2. The third-order valence-electron chi connectivity index (χ3n) is 5.68. The number of ether oxygens (including phenoxy) is 1. The number of hydrogen-bond donors (Lipinski definition) is 1. The summed E-state index contributed by atoms with van der Waals surface area (Å²) >= 11 is 0. The van der Waals surface area contributed by atoms with E-state index in [1.165, 1.54) is 22.4 Å². The van der Waals surface area contributed by atoms with Crippen LogP contribution in [0.2, 0.25) is 0 Å². The molecule has 4 unspecified atom stereocenters. The fraction of sp³-hybridized carbons (Fsp3) is 0.391. The average molecular weight is 333 g/mol. The second-order valence-corrected chi connectivity index (χ2v) is 7.47. The first kappa shape index (κ1) is 16.3. The maximum absolute atomic E-state index is 6.05. The molecule has 25 heavy (non-hydrogen) atoms. The van der Waals surface area contributed by atoms with Crippen LogP contribution in [0.1, 0.15) is 55.3 Å². The largest absolute Gasteiger partial charge is 0.491 e. The van der Waals surface area contributed by atoms with Crippen molar-refractivity contribution < 1.29 is 4.74 Å². The van der Waals surface area contributed by atoms with Gasteiger partial charge in [-0.3, -0.25) is 0 Å². The van der Waals surface area contributed by atoms with E-state index in [9.17, 15) is 0 Å². The molecule has 1 aliphatic carbocycles. The van der Waals surface area contributed by atoms with Crippen molar-refractivity contribution in [2.24, 2.45) is 5.92 Å². The summed E-state index contributed by atoms with van der Waals surface area (Å²) < 4.78 is 6.05. The monoisotopic (exact) mass is 333 g/mol. The minimum Gasteiger partial charge on any atom is -0.491 e. The normalized spacial score (nSPS) is 25.0. The van der Waals surface area contributed by atoms with Crippen LogP contribution in [0, 0.1) is 12.8 Å². The first-order valence-corrected chi connectivity index (χ1v) is 9.46.